The minimum atomic E-state index is -1.80. The Hall–Kier alpha value is -3.87. The molecule has 2 rings (SSSR count). The lowest BCUT2D eigenvalue weighted by atomic mass is 9.97. The van der Waals surface area contributed by atoms with Gasteiger partial charge in [-0.15, -0.1) is 0 Å². The van der Waals surface area contributed by atoms with E-state index in [-0.39, 0.29) is 18.9 Å². The van der Waals surface area contributed by atoms with Gasteiger partial charge in [-0.3, -0.25) is 4.79 Å². The molecule has 1 amide bonds. The first-order chi connectivity index (χ1) is 45.1. The molecule has 2 aliphatic heterocycles. The van der Waals surface area contributed by atoms with Crippen molar-refractivity contribution in [1.29, 1.82) is 0 Å². The molecule has 12 atom stereocenters. The number of carbonyl (C=O) groups excluding carboxylic acids is 1. The number of ether oxygens (including phenoxy) is 4. The molecule has 2 aliphatic rings. The Morgan fingerprint density at radius 2 is 0.761 bits per heavy atom. The molecule has 2 saturated heterocycles. The third-order valence-corrected chi connectivity index (χ3v) is 16.8. The maximum Gasteiger partial charge on any atom is 0.220 e. The van der Waals surface area contributed by atoms with Gasteiger partial charge < -0.3 is 65.1 Å². The zero-order valence-electron chi connectivity index (χ0n) is 57.2. The first-order valence-electron chi connectivity index (χ1n) is 36.4. The van der Waals surface area contributed by atoms with Crippen molar-refractivity contribution in [2.45, 2.75) is 331 Å². The summed E-state index contributed by atoms with van der Waals surface area (Å²) in [6.07, 6.45) is 73.6. The second kappa shape index (κ2) is 60.8. The van der Waals surface area contributed by atoms with Gasteiger partial charge in [0, 0.05) is 6.42 Å². The van der Waals surface area contributed by atoms with Gasteiger partial charge in [0.1, 0.15) is 48.8 Å². The summed E-state index contributed by atoms with van der Waals surface area (Å²) in [7, 11) is 0. The standard InChI is InChI=1S/C78H131NO13/c1-3-5-7-9-11-13-15-17-19-21-23-25-27-29-30-31-32-33-34-35-36-38-40-42-44-46-48-50-52-54-56-58-60-62-70(83)79-66(65-89-77-75(88)73(86)76(69(64-81)91-77)92-78-74(87)72(85)71(84)68(63-80)90-78)67(82)61-59-57-55-53-51-49-47-45-43-41-39-37-28-26-24-22-20-18-16-14-12-10-8-6-4-2/h5,7,11,13,17,19,23,25,29-30,32-33,35-36,40,42,46,48,51,53,59,61,66-69,71-78,80-82,84-88H,3-4,6,8-10,12,14-16,18,20-22,24,26-28,31,34,37-39,41,43-45,47,49-50,52,54-58,60,62-65H2,1-2H3,(H,79,83)/b7-5-,13-11-,19-17-,25-23-,30-29-,33-32-,36-35-,42-40-,48-46-,53-51+,61-59+. The normalized spacial score (nSPS) is 23.5. The molecule has 526 valence electrons. The minimum absolute atomic E-state index is 0.242. The monoisotopic (exact) mass is 1290 g/mol. The first-order valence-corrected chi connectivity index (χ1v) is 36.4. The summed E-state index contributed by atoms with van der Waals surface area (Å²) in [5.41, 5.74) is 0. The number of rotatable bonds is 58. The maximum absolute atomic E-state index is 13.3. The molecule has 0 saturated carbocycles. The van der Waals surface area contributed by atoms with E-state index in [4.69, 9.17) is 18.9 Å². The molecule has 9 N–H and O–H groups in total. The van der Waals surface area contributed by atoms with Gasteiger partial charge in [0.15, 0.2) is 12.6 Å². The second-order valence-corrected chi connectivity index (χ2v) is 25.0. The van der Waals surface area contributed by atoms with Crippen LogP contribution >= 0.6 is 0 Å². The fourth-order valence-electron chi connectivity index (χ4n) is 11.1. The Morgan fingerprint density at radius 1 is 0.402 bits per heavy atom. The van der Waals surface area contributed by atoms with E-state index in [1.54, 1.807) is 6.08 Å². The number of hydrogen-bond donors (Lipinski definition) is 9. The van der Waals surface area contributed by atoms with E-state index in [1.165, 1.54) is 122 Å². The van der Waals surface area contributed by atoms with Gasteiger partial charge in [0.2, 0.25) is 5.91 Å². The van der Waals surface area contributed by atoms with Crippen molar-refractivity contribution in [3.8, 4) is 0 Å². The molecular weight excluding hydrogens is 1160 g/mol. The summed E-state index contributed by atoms with van der Waals surface area (Å²) in [5.74, 6) is -0.272. The van der Waals surface area contributed by atoms with Crippen molar-refractivity contribution < 1.29 is 64.6 Å². The third-order valence-electron chi connectivity index (χ3n) is 16.8. The Kier molecular flexibility index (Phi) is 55.6. The van der Waals surface area contributed by atoms with E-state index in [9.17, 15) is 45.6 Å². The topological polar surface area (TPSA) is 228 Å². The molecule has 0 bridgehead atoms. The number of carbonyl (C=O) groups is 1. The van der Waals surface area contributed by atoms with Crippen LogP contribution in [0.1, 0.15) is 258 Å². The Labute approximate surface area is 558 Å². The van der Waals surface area contributed by atoms with Crippen LogP contribution in [-0.2, 0) is 23.7 Å². The summed E-state index contributed by atoms with van der Waals surface area (Å²) in [5, 5.41) is 87.5. The van der Waals surface area contributed by atoms with E-state index in [1.807, 2.05) is 6.08 Å². The molecule has 14 nitrogen and oxygen atoms in total. The molecule has 0 radical (unpaired) electrons. The summed E-state index contributed by atoms with van der Waals surface area (Å²) in [6, 6.07) is -0.954. The number of aliphatic hydroxyl groups is 8. The lowest BCUT2D eigenvalue weighted by molar-refractivity contribution is -0.359. The number of unbranched alkanes of at least 4 members (excludes halogenated alkanes) is 25. The van der Waals surface area contributed by atoms with Crippen LogP contribution in [0.5, 0.6) is 0 Å². The van der Waals surface area contributed by atoms with Gasteiger partial charge in [0.25, 0.3) is 0 Å². The van der Waals surface area contributed by atoms with Crippen molar-refractivity contribution in [3.05, 3.63) is 134 Å². The molecule has 0 aromatic carbocycles. The van der Waals surface area contributed by atoms with Crippen molar-refractivity contribution in [1.82, 2.24) is 5.32 Å². The van der Waals surface area contributed by atoms with Crippen LogP contribution in [0.25, 0.3) is 0 Å². The van der Waals surface area contributed by atoms with Crippen molar-refractivity contribution in [3.63, 3.8) is 0 Å². The highest BCUT2D eigenvalue weighted by atomic mass is 16.7. The predicted molar refractivity (Wildman–Crippen MR) is 378 cm³/mol. The van der Waals surface area contributed by atoms with Crippen molar-refractivity contribution in [2.24, 2.45) is 0 Å². The second-order valence-electron chi connectivity index (χ2n) is 25.0. The molecule has 2 fully saturated rings. The van der Waals surface area contributed by atoms with Gasteiger partial charge in [-0.1, -0.05) is 282 Å². The lowest BCUT2D eigenvalue weighted by Gasteiger charge is -2.46. The highest BCUT2D eigenvalue weighted by Crippen LogP contribution is 2.30. The van der Waals surface area contributed by atoms with Gasteiger partial charge in [-0.25, -0.2) is 0 Å². The van der Waals surface area contributed by atoms with Crippen LogP contribution in [0.4, 0.5) is 0 Å². The molecule has 14 heteroatoms. The fourth-order valence-corrected chi connectivity index (χ4v) is 11.1. The molecule has 92 heavy (non-hydrogen) atoms. The van der Waals surface area contributed by atoms with Crippen LogP contribution in [-0.4, -0.2) is 140 Å². The minimum Gasteiger partial charge on any atom is -0.394 e. The quantitative estimate of drug-likeness (QED) is 0.0204. The Morgan fingerprint density at radius 3 is 1.20 bits per heavy atom. The number of nitrogens with one attached hydrogen (secondary N) is 1. The van der Waals surface area contributed by atoms with Crippen LogP contribution in [0, 0.1) is 0 Å². The number of aliphatic hydroxyl groups excluding tert-OH is 8. The summed E-state index contributed by atoms with van der Waals surface area (Å²) < 4.78 is 22.8. The van der Waals surface area contributed by atoms with Crippen LogP contribution in [0.2, 0.25) is 0 Å². The molecule has 12 unspecified atom stereocenters. The number of amides is 1. The first kappa shape index (κ1) is 84.2. The summed E-state index contributed by atoms with van der Waals surface area (Å²) in [6.45, 7) is 2.67. The van der Waals surface area contributed by atoms with Crippen molar-refractivity contribution in [2.75, 3.05) is 19.8 Å². The zero-order chi connectivity index (χ0) is 66.6. The van der Waals surface area contributed by atoms with Crippen LogP contribution < -0.4 is 5.32 Å². The smallest absolute Gasteiger partial charge is 0.220 e. The van der Waals surface area contributed by atoms with E-state index in [0.29, 0.717) is 12.8 Å². The van der Waals surface area contributed by atoms with E-state index < -0.39 is 86.8 Å². The summed E-state index contributed by atoms with van der Waals surface area (Å²) >= 11 is 0. The summed E-state index contributed by atoms with van der Waals surface area (Å²) in [4.78, 5) is 13.3. The van der Waals surface area contributed by atoms with E-state index in [0.717, 1.165) is 103 Å². The lowest BCUT2D eigenvalue weighted by Crippen LogP contribution is -2.65. The number of allylic oxidation sites excluding steroid dienone is 21. The largest absolute Gasteiger partial charge is 0.394 e. The Balaban J connectivity index is 1.71. The predicted octanol–water partition coefficient (Wildman–Crippen LogP) is 15.5. The van der Waals surface area contributed by atoms with Gasteiger partial charge in [0.05, 0.1) is 32.0 Å². The average Bonchev–Trinajstić information content (AvgIpc) is 0.829. The highest BCUT2D eigenvalue weighted by molar-refractivity contribution is 5.76. The highest BCUT2D eigenvalue weighted by Gasteiger charge is 2.51. The van der Waals surface area contributed by atoms with Gasteiger partial charge in [-0.2, -0.15) is 0 Å². The molecule has 0 spiro atoms. The Bertz CT molecular complexity index is 2060. The van der Waals surface area contributed by atoms with E-state index in [2.05, 4.69) is 141 Å². The third kappa shape index (κ3) is 44.0. The fraction of sp³-hybridized carbons (Fsp3) is 0.705. The van der Waals surface area contributed by atoms with Gasteiger partial charge in [-0.05, 0) is 103 Å². The van der Waals surface area contributed by atoms with Crippen LogP contribution in [0.15, 0.2) is 134 Å². The molecule has 2 heterocycles. The van der Waals surface area contributed by atoms with Crippen LogP contribution in [0.3, 0.4) is 0 Å². The van der Waals surface area contributed by atoms with E-state index >= 15 is 0 Å². The number of hydrogen-bond acceptors (Lipinski definition) is 13. The van der Waals surface area contributed by atoms with Gasteiger partial charge >= 0.3 is 0 Å². The molecule has 0 aromatic heterocycles. The molecule has 0 aliphatic carbocycles. The zero-order valence-corrected chi connectivity index (χ0v) is 57.2. The molecular formula is C78H131NO13. The molecule has 0 aromatic rings. The maximum atomic E-state index is 13.3. The van der Waals surface area contributed by atoms with Crippen molar-refractivity contribution >= 4 is 5.91 Å². The SMILES string of the molecule is CC/C=C\C/C=C\C/C=C\C/C=C\C/C=C\C/C=C\C/C=C\C/C=C\C/C=C\CCCCCCCC(=O)NC(COC1OC(CO)C(OC2OC(CO)C(O)C(O)C2O)C(O)C1O)C(O)/C=C/CC/C=C/CCCCCCCCCCCCCCCCCCCCC. The average molecular weight is 1290 g/mol.